The van der Waals surface area contributed by atoms with Gasteiger partial charge in [-0.25, -0.2) is 0 Å². The molecule has 0 heterocycles. The molecule has 488 valence electrons. The summed E-state index contributed by atoms with van der Waals surface area (Å²) < 4.78 is 0. The Morgan fingerprint density at radius 2 is 0.505 bits per heavy atom. The number of fused-ring (bicyclic) bond motifs is 4. The van der Waals surface area contributed by atoms with E-state index in [2.05, 4.69) is 315 Å². The minimum Gasteiger partial charge on any atom is -0.0683 e. The summed E-state index contributed by atoms with van der Waals surface area (Å²) in [5, 5.41) is 10.8. The maximum Gasteiger partial charge on any atom is 0.0158 e. The summed E-state index contributed by atoms with van der Waals surface area (Å²) in [6, 6.07) is 102. The zero-order chi connectivity index (χ0) is 69.4. The highest BCUT2D eigenvalue weighted by Crippen LogP contribution is 2.48. The average molecular weight is 1230 g/mol. The summed E-state index contributed by atoms with van der Waals surface area (Å²) in [4.78, 5) is 0. The number of hydrogen-bond acceptors (Lipinski definition) is 0. The van der Waals surface area contributed by atoms with E-state index in [9.17, 15) is 0 Å². The smallest absolute Gasteiger partial charge is 0.0158 e. The largest absolute Gasteiger partial charge is 0.0683 e. The lowest BCUT2D eigenvalue weighted by Gasteiger charge is -2.21. The minimum atomic E-state index is 0.151. The fourth-order valence-corrected chi connectivity index (χ4v) is 9.97. The highest BCUT2D eigenvalue weighted by atomic mass is 14.4. The van der Waals surface area contributed by atoms with Crippen LogP contribution in [0, 0.1) is 27.7 Å². The van der Waals surface area contributed by atoms with Crippen LogP contribution in [0.25, 0.3) is 77.5 Å². The lowest BCUT2D eigenvalue weighted by molar-refractivity contribution is 0.660. The van der Waals surface area contributed by atoms with E-state index in [1.54, 1.807) is 0 Å². The van der Waals surface area contributed by atoms with Crippen LogP contribution in [0.2, 0.25) is 0 Å². The molecule has 0 radical (unpaired) electrons. The van der Waals surface area contributed by atoms with Crippen LogP contribution in [0.5, 0.6) is 0 Å². The van der Waals surface area contributed by atoms with E-state index < -0.39 is 0 Å². The molecule has 0 bridgehead atoms. The summed E-state index contributed by atoms with van der Waals surface area (Å²) in [6.45, 7) is 45.1. The van der Waals surface area contributed by atoms with Gasteiger partial charge >= 0.3 is 0 Å². The van der Waals surface area contributed by atoms with Gasteiger partial charge in [0.05, 0.1) is 0 Å². The van der Waals surface area contributed by atoms with Crippen LogP contribution in [-0.2, 0) is 5.41 Å². The van der Waals surface area contributed by atoms with E-state index in [1.807, 2.05) is 141 Å². The molecule has 14 rings (SSSR count). The molecule has 0 atom stereocenters. The topological polar surface area (TPSA) is 0 Å². The van der Waals surface area contributed by atoms with Gasteiger partial charge in [-0.15, -0.1) is 0 Å². The molecular formula is C93H116. The normalized spacial score (nSPS) is 10.1. The Bertz CT molecular complexity index is 3740. The number of aryl methyl sites for hydroxylation is 4. The monoisotopic (exact) mass is 1230 g/mol. The molecule has 13 aromatic rings. The highest BCUT2D eigenvalue weighted by molar-refractivity contribution is 6.22. The third kappa shape index (κ3) is 26.2. The molecule has 0 heteroatoms. The second-order valence-electron chi connectivity index (χ2n) is 20.4. The van der Waals surface area contributed by atoms with Gasteiger partial charge in [-0.3, -0.25) is 0 Å². The van der Waals surface area contributed by atoms with E-state index in [1.165, 1.54) is 110 Å². The highest BCUT2D eigenvalue weighted by Gasteiger charge is 2.34. The quantitative estimate of drug-likeness (QED) is 0.122. The second kappa shape index (κ2) is 48.7. The maximum absolute atomic E-state index is 2.33. The van der Waals surface area contributed by atoms with Crippen molar-refractivity contribution in [3.8, 4) is 22.3 Å². The van der Waals surface area contributed by atoms with Crippen molar-refractivity contribution in [3.05, 3.63) is 336 Å². The molecule has 0 saturated carbocycles. The molecule has 1 aliphatic carbocycles. The summed E-state index contributed by atoms with van der Waals surface area (Å²) in [6.07, 6.45) is 4.26. The lowest BCUT2D eigenvalue weighted by Crippen LogP contribution is -2.14. The Morgan fingerprint density at radius 1 is 0.215 bits per heavy atom. The Hall–Kier alpha value is -9.10. The number of hydrogen-bond donors (Lipinski definition) is 0. The minimum absolute atomic E-state index is 0.151. The fourth-order valence-electron chi connectivity index (χ4n) is 9.97. The molecule has 1 aliphatic rings. The Morgan fingerprint density at radius 3 is 0.903 bits per heavy atom. The third-order valence-corrected chi connectivity index (χ3v) is 14.2. The predicted molar refractivity (Wildman–Crippen MR) is 428 cm³/mol. The molecule has 0 fully saturated rings. The predicted octanol–water partition coefficient (Wildman–Crippen LogP) is 29.8. The first-order chi connectivity index (χ1) is 45.6. The first-order valence-corrected chi connectivity index (χ1v) is 34.8. The van der Waals surface area contributed by atoms with Crippen molar-refractivity contribution >= 4 is 55.2 Å². The van der Waals surface area contributed by atoms with Crippen molar-refractivity contribution in [2.45, 2.75) is 158 Å². The van der Waals surface area contributed by atoms with E-state index in [4.69, 9.17) is 0 Å². The van der Waals surface area contributed by atoms with Crippen molar-refractivity contribution in [1.82, 2.24) is 0 Å². The Balaban J connectivity index is 0.000000541. The summed E-state index contributed by atoms with van der Waals surface area (Å²) >= 11 is 0. The third-order valence-electron chi connectivity index (χ3n) is 14.2. The average Bonchev–Trinajstić information content (AvgIpc) is 1.70. The number of benzene rings is 13. The van der Waals surface area contributed by atoms with E-state index in [0.29, 0.717) is 0 Å². The van der Waals surface area contributed by atoms with Crippen molar-refractivity contribution in [1.29, 1.82) is 0 Å². The van der Waals surface area contributed by atoms with Crippen LogP contribution in [-0.4, -0.2) is 0 Å². The van der Waals surface area contributed by atoms with Gasteiger partial charge in [-0.2, -0.15) is 0 Å². The number of rotatable bonds is 3. The van der Waals surface area contributed by atoms with E-state index >= 15 is 0 Å². The molecule has 93 heavy (non-hydrogen) atoms. The maximum atomic E-state index is 2.33. The van der Waals surface area contributed by atoms with Crippen molar-refractivity contribution in [2.75, 3.05) is 0 Å². The molecular weight excluding hydrogens is 1120 g/mol. The van der Waals surface area contributed by atoms with Crippen molar-refractivity contribution < 1.29 is 0 Å². The molecule has 0 aromatic heterocycles. The molecule has 0 nitrogen and oxygen atoms in total. The van der Waals surface area contributed by atoms with E-state index in [-0.39, 0.29) is 5.41 Å². The van der Waals surface area contributed by atoms with Crippen LogP contribution in [0.3, 0.4) is 0 Å². The molecule has 13 aromatic carbocycles. The Kier molecular flexibility index (Phi) is 42.9. The van der Waals surface area contributed by atoms with Crippen molar-refractivity contribution in [2.24, 2.45) is 0 Å². The second-order valence-corrected chi connectivity index (χ2v) is 20.4. The van der Waals surface area contributed by atoms with Gasteiger partial charge in [-0.05, 0) is 115 Å². The van der Waals surface area contributed by atoms with Gasteiger partial charge < -0.3 is 0 Å². The molecule has 0 amide bonds. The van der Waals surface area contributed by atoms with Crippen LogP contribution in [0.4, 0.5) is 0 Å². The zero-order valence-electron chi connectivity index (χ0n) is 61.4. The lowest BCUT2D eigenvalue weighted by atomic mass is 9.82. The van der Waals surface area contributed by atoms with Crippen LogP contribution >= 0.6 is 0 Å². The molecule has 0 aliphatic heterocycles. The van der Waals surface area contributed by atoms with Gasteiger partial charge in [0.1, 0.15) is 0 Å². The standard InChI is InChI=1S/C16H10.C16H16.C15H14.C13H12.C10H8.C7H8.8C2H6/c1-3-11-7-9-13-5-2-6-14-10-8-12(4-1)15(11)16(13)14;1-11-8-9-13-12-6-4-5-7-14(12)16(2,3)15(13)10-11;1-13-7-9-15(10-8-13)12-11-14-5-3-2-4-6-14;1-11-7-9-13(10-8-11)12-5-3-2-4-6-12;1-2-6-10-8-4-3-7-9(10)5-1;1-7-5-3-2-4-6-7;8*1-2/h1-10H;4-10H,1-3H3;2-12H,1H3;2-10H,1H3;1-8H;2-6H,1H3;8*1-2H3. The van der Waals surface area contributed by atoms with Gasteiger partial charge in [0, 0.05) is 5.41 Å². The van der Waals surface area contributed by atoms with Crippen LogP contribution < -0.4 is 0 Å². The SMILES string of the molecule is CC.CC.CC.CC.CC.CC.CC.CC.Cc1ccc(-c2ccccc2)cc1.Cc1ccc(C=Cc2ccccc2)cc1.Cc1ccc2c(c1)C(C)(C)c1ccccc1-2.Cc1ccccc1.c1cc2ccc3cccc4ccc(c1)c2c34.c1ccc2ccccc2c1. The molecule has 0 saturated heterocycles. The Labute approximate surface area is 567 Å². The molecule has 0 N–H and O–H groups in total. The van der Waals surface area contributed by atoms with Crippen LogP contribution in [0.15, 0.2) is 291 Å². The van der Waals surface area contributed by atoms with Gasteiger partial charge in [-0.1, -0.05) is 450 Å². The summed E-state index contributed by atoms with van der Waals surface area (Å²) in [5.74, 6) is 0. The summed E-state index contributed by atoms with van der Waals surface area (Å²) in [7, 11) is 0. The van der Waals surface area contributed by atoms with Crippen LogP contribution in [0.1, 0.15) is 169 Å². The fraction of sp³-hybridized carbons (Fsp3) is 0.247. The first-order valence-electron chi connectivity index (χ1n) is 34.8. The summed E-state index contributed by atoms with van der Waals surface area (Å²) in [5.41, 5.74) is 16.2. The zero-order valence-corrected chi connectivity index (χ0v) is 61.4. The molecule has 0 unspecified atom stereocenters. The van der Waals surface area contributed by atoms with Gasteiger partial charge in [0.2, 0.25) is 0 Å². The van der Waals surface area contributed by atoms with E-state index in [0.717, 1.165) is 0 Å². The van der Waals surface area contributed by atoms with Gasteiger partial charge in [0.25, 0.3) is 0 Å². The van der Waals surface area contributed by atoms with Gasteiger partial charge in [0.15, 0.2) is 0 Å². The molecule has 0 spiro atoms. The first kappa shape index (κ1) is 81.9. The van der Waals surface area contributed by atoms with Crippen molar-refractivity contribution in [3.63, 3.8) is 0 Å².